The zero-order valence-corrected chi connectivity index (χ0v) is 19.2. The quantitative estimate of drug-likeness (QED) is 0.718. The van der Waals surface area contributed by atoms with Crippen LogP contribution in [0.15, 0.2) is 24.3 Å². The highest BCUT2D eigenvalue weighted by Crippen LogP contribution is 2.23. The summed E-state index contributed by atoms with van der Waals surface area (Å²) in [5.41, 5.74) is 1.55. The number of rotatable bonds is 7. The molecule has 6 heteroatoms. The van der Waals surface area contributed by atoms with E-state index in [-0.39, 0.29) is 35.6 Å². The van der Waals surface area contributed by atoms with Crippen molar-refractivity contribution in [2.75, 3.05) is 13.1 Å². The average molecular weight is 416 g/mol. The maximum Gasteiger partial charge on any atom is 0.251 e. The molecule has 2 N–H and O–H groups in total. The Balaban J connectivity index is 2.14. The van der Waals surface area contributed by atoms with Gasteiger partial charge in [0.25, 0.3) is 5.91 Å². The van der Waals surface area contributed by atoms with Gasteiger partial charge >= 0.3 is 0 Å². The number of hydrogen-bond acceptors (Lipinski definition) is 3. The fraction of sp³-hybridized carbons (Fsp3) is 0.625. The molecular weight excluding hydrogens is 378 g/mol. The minimum atomic E-state index is -0.615. The van der Waals surface area contributed by atoms with E-state index in [0.29, 0.717) is 37.4 Å². The van der Waals surface area contributed by atoms with E-state index in [4.69, 9.17) is 0 Å². The van der Waals surface area contributed by atoms with Gasteiger partial charge in [-0.15, -0.1) is 0 Å². The van der Waals surface area contributed by atoms with Gasteiger partial charge < -0.3 is 15.5 Å². The number of nitrogens with zero attached hydrogens (tertiary/aromatic N) is 1. The van der Waals surface area contributed by atoms with E-state index in [9.17, 15) is 14.4 Å². The molecule has 1 aliphatic heterocycles. The van der Waals surface area contributed by atoms with Crippen molar-refractivity contribution in [1.29, 1.82) is 0 Å². The molecule has 0 aliphatic carbocycles. The Bertz CT molecular complexity index is 752. The molecule has 1 saturated heterocycles. The van der Waals surface area contributed by atoms with Crippen LogP contribution >= 0.6 is 0 Å². The highest BCUT2D eigenvalue weighted by atomic mass is 16.2. The lowest BCUT2D eigenvalue weighted by molar-refractivity contribution is -0.136. The average Bonchev–Trinajstić information content (AvgIpc) is 2.71. The Labute approximate surface area is 180 Å². The van der Waals surface area contributed by atoms with Gasteiger partial charge in [0, 0.05) is 30.6 Å². The number of carbonyl (C=O) groups excluding carboxylic acids is 3. The second-order valence-corrected chi connectivity index (χ2v) is 9.18. The number of carbonyl (C=O) groups is 3. The molecule has 1 aromatic rings. The molecule has 0 aromatic heterocycles. The third kappa shape index (κ3) is 6.31. The molecule has 0 bridgehead atoms. The highest BCUT2D eigenvalue weighted by Gasteiger charge is 2.35. The molecule has 6 nitrogen and oxygen atoms in total. The first-order valence-electron chi connectivity index (χ1n) is 11.1. The van der Waals surface area contributed by atoms with E-state index in [2.05, 4.69) is 24.5 Å². The topological polar surface area (TPSA) is 78.5 Å². The molecule has 0 unspecified atom stereocenters. The predicted octanol–water partition coefficient (Wildman–Crippen LogP) is 3.15. The number of likely N-dealkylation sites (tertiary alicyclic amines) is 1. The van der Waals surface area contributed by atoms with Gasteiger partial charge in [-0.25, -0.2) is 0 Å². The molecule has 0 saturated carbocycles. The van der Waals surface area contributed by atoms with Crippen LogP contribution in [0.2, 0.25) is 0 Å². The molecule has 1 fully saturated rings. The van der Waals surface area contributed by atoms with Crippen molar-refractivity contribution in [2.24, 2.45) is 17.8 Å². The van der Waals surface area contributed by atoms with E-state index in [1.807, 2.05) is 50.8 Å². The van der Waals surface area contributed by atoms with Crippen LogP contribution in [0.3, 0.4) is 0 Å². The van der Waals surface area contributed by atoms with Gasteiger partial charge in [0.15, 0.2) is 0 Å². The minimum Gasteiger partial charge on any atom is -0.352 e. The van der Waals surface area contributed by atoms with E-state index in [1.54, 1.807) is 6.07 Å². The van der Waals surface area contributed by atoms with E-state index in [0.717, 1.165) is 5.56 Å². The summed E-state index contributed by atoms with van der Waals surface area (Å²) >= 11 is 0. The molecule has 30 heavy (non-hydrogen) atoms. The first kappa shape index (κ1) is 23.9. The fourth-order valence-corrected chi connectivity index (χ4v) is 3.71. The smallest absolute Gasteiger partial charge is 0.251 e. The molecule has 2 atom stereocenters. The largest absolute Gasteiger partial charge is 0.352 e. The van der Waals surface area contributed by atoms with Crippen molar-refractivity contribution in [3.8, 4) is 0 Å². The Morgan fingerprint density at radius 1 is 1.00 bits per heavy atom. The maximum absolute atomic E-state index is 13.1. The van der Waals surface area contributed by atoms with Crippen LogP contribution in [-0.4, -0.2) is 47.8 Å². The Morgan fingerprint density at radius 2 is 1.63 bits per heavy atom. The third-order valence-corrected chi connectivity index (χ3v) is 6.04. The monoisotopic (exact) mass is 415 g/mol. The summed E-state index contributed by atoms with van der Waals surface area (Å²) in [7, 11) is 0. The number of benzene rings is 1. The summed E-state index contributed by atoms with van der Waals surface area (Å²) < 4.78 is 0. The van der Waals surface area contributed by atoms with Crippen LogP contribution in [0.4, 0.5) is 0 Å². The summed E-state index contributed by atoms with van der Waals surface area (Å²) in [6, 6.07) is 6.76. The zero-order valence-electron chi connectivity index (χ0n) is 19.2. The van der Waals surface area contributed by atoms with Gasteiger partial charge in [-0.2, -0.15) is 0 Å². The SMILES string of the molecule is Cc1cccc(C(=O)N[C@H](C(=O)N[C@@H](C)C(C)C)C2CCN(C(=O)C(C)C)CC2)c1. The number of aryl methyl sites for hydroxylation is 1. The molecule has 1 aliphatic rings. The lowest BCUT2D eigenvalue weighted by Crippen LogP contribution is -2.55. The first-order chi connectivity index (χ1) is 14.1. The van der Waals surface area contributed by atoms with Gasteiger partial charge in [0.2, 0.25) is 11.8 Å². The summed E-state index contributed by atoms with van der Waals surface area (Å²) in [5.74, 6) is 0.0183. The van der Waals surface area contributed by atoms with Crippen molar-refractivity contribution in [2.45, 2.75) is 66.5 Å². The van der Waals surface area contributed by atoms with Crippen LogP contribution in [0.5, 0.6) is 0 Å². The van der Waals surface area contributed by atoms with E-state index < -0.39 is 6.04 Å². The van der Waals surface area contributed by atoms with Gasteiger partial charge in [-0.1, -0.05) is 45.4 Å². The Hall–Kier alpha value is -2.37. The van der Waals surface area contributed by atoms with Crippen LogP contribution in [0, 0.1) is 24.7 Å². The third-order valence-electron chi connectivity index (χ3n) is 6.04. The van der Waals surface area contributed by atoms with E-state index in [1.165, 1.54) is 0 Å². The number of hydrogen-bond donors (Lipinski definition) is 2. The van der Waals surface area contributed by atoms with Gasteiger partial charge in [0.1, 0.15) is 6.04 Å². The Morgan fingerprint density at radius 3 is 2.17 bits per heavy atom. The van der Waals surface area contributed by atoms with Crippen LogP contribution in [0.1, 0.15) is 63.4 Å². The van der Waals surface area contributed by atoms with Gasteiger partial charge in [0.05, 0.1) is 0 Å². The number of amides is 3. The van der Waals surface area contributed by atoms with Crippen molar-refractivity contribution >= 4 is 17.7 Å². The second kappa shape index (κ2) is 10.6. The van der Waals surface area contributed by atoms with E-state index >= 15 is 0 Å². The summed E-state index contributed by atoms with van der Waals surface area (Å²) in [6.45, 7) is 13.1. The lowest BCUT2D eigenvalue weighted by atomic mass is 9.87. The second-order valence-electron chi connectivity index (χ2n) is 9.18. The summed E-state index contributed by atoms with van der Waals surface area (Å²) in [5, 5.41) is 6.05. The highest BCUT2D eigenvalue weighted by molar-refractivity contribution is 5.97. The number of piperidine rings is 1. The molecule has 166 valence electrons. The lowest BCUT2D eigenvalue weighted by Gasteiger charge is -2.37. The molecule has 3 amide bonds. The molecule has 1 heterocycles. The summed E-state index contributed by atoms with van der Waals surface area (Å²) in [6.07, 6.45) is 1.39. The van der Waals surface area contributed by atoms with Crippen molar-refractivity contribution in [1.82, 2.24) is 15.5 Å². The van der Waals surface area contributed by atoms with Crippen molar-refractivity contribution in [3.63, 3.8) is 0 Å². The number of nitrogens with one attached hydrogen (secondary N) is 2. The maximum atomic E-state index is 13.1. The standard InChI is InChI=1S/C24H37N3O3/c1-15(2)18(6)25-23(29)21(26-22(28)20-9-7-8-17(5)14-20)19-10-12-27(13-11-19)24(30)16(3)4/h7-9,14-16,18-19,21H,10-13H2,1-6H3,(H,25,29)(H,26,28)/t18-,21-/m0/s1. The van der Waals surface area contributed by atoms with Crippen molar-refractivity contribution in [3.05, 3.63) is 35.4 Å². The predicted molar refractivity (Wildman–Crippen MR) is 119 cm³/mol. The van der Waals surface area contributed by atoms with Crippen LogP contribution in [0.25, 0.3) is 0 Å². The van der Waals surface area contributed by atoms with Crippen LogP contribution < -0.4 is 10.6 Å². The Kier molecular flexibility index (Phi) is 8.44. The molecule has 0 spiro atoms. The first-order valence-corrected chi connectivity index (χ1v) is 11.1. The summed E-state index contributed by atoms with van der Waals surface area (Å²) in [4.78, 5) is 40.2. The molecule has 0 radical (unpaired) electrons. The zero-order chi connectivity index (χ0) is 22.4. The molecule has 1 aromatic carbocycles. The van der Waals surface area contributed by atoms with Gasteiger partial charge in [-0.3, -0.25) is 14.4 Å². The molecule has 2 rings (SSSR count). The van der Waals surface area contributed by atoms with Gasteiger partial charge in [-0.05, 0) is 50.7 Å². The normalized spacial score (nSPS) is 17.0. The van der Waals surface area contributed by atoms with Crippen molar-refractivity contribution < 1.29 is 14.4 Å². The van der Waals surface area contributed by atoms with Crippen LogP contribution in [-0.2, 0) is 9.59 Å². The minimum absolute atomic E-state index is 0.00525. The molecular formula is C24H37N3O3. The fourth-order valence-electron chi connectivity index (χ4n) is 3.71.